The van der Waals surface area contributed by atoms with Gasteiger partial charge >= 0.3 is 41.2 Å². The molecule has 118 heavy (non-hydrogen) atoms. The zero-order valence-electron chi connectivity index (χ0n) is 64.5. The summed E-state index contributed by atoms with van der Waals surface area (Å²) in [6.07, 6.45) is 6.00. The summed E-state index contributed by atoms with van der Waals surface area (Å²) < 4.78 is 118. The van der Waals surface area contributed by atoms with Gasteiger partial charge in [0.05, 0.1) is 86.6 Å². The molecule has 8 aromatic rings. The van der Waals surface area contributed by atoms with Gasteiger partial charge in [0.25, 0.3) is 0 Å². The number of aliphatic hydroxyl groups is 6. The van der Waals surface area contributed by atoms with Crippen LogP contribution in [-0.2, 0) is 83.8 Å². The summed E-state index contributed by atoms with van der Waals surface area (Å²) in [4.78, 5) is 34.2. The molecule has 4 aromatic heterocycles. The highest BCUT2D eigenvalue weighted by molar-refractivity contribution is 7.85. The Morgan fingerprint density at radius 3 is 1.30 bits per heavy atom. The van der Waals surface area contributed by atoms with Crippen molar-refractivity contribution in [3.63, 3.8) is 0 Å². The Labute approximate surface area is 684 Å². The highest BCUT2D eigenvalue weighted by Gasteiger charge is 2.45. The molecule has 0 spiro atoms. The first kappa shape index (κ1) is 88.1. The fourth-order valence-corrected chi connectivity index (χ4v) is 17.3. The zero-order chi connectivity index (χ0) is 84.1. The van der Waals surface area contributed by atoms with Crippen LogP contribution in [0.2, 0.25) is 0 Å². The monoisotopic (exact) mass is 1710 g/mol. The molecule has 4 fully saturated rings. The van der Waals surface area contributed by atoms with E-state index in [9.17, 15) is 64.3 Å². The molecule has 20 N–H and O–H groups in total. The number of hydrogen-bond donors (Lipinski definition) is 16. The highest BCUT2D eigenvalue weighted by Crippen LogP contribution is 2.40. The van der Waals surface area contributed by atoms with Crippen molar-refractivity contribution in [1.82, 2.24) is 39.9 Å². The Morgan fingerprint density at radius 2 is 0.805 bits per heavy atom. The third-order valence-electron chi connectivity index (χ3n) is 21.7. The third kappa shape index (κ3) is 25.2. The van der Waals surface area contributed by atoms with Gasteiger partial charge in [-0.2, -0.15) is 33.7 Å². The lowest BCUT2D eigenvalue weighted by Gasteiger charge is -2.19. The molecule has 42 heteroatoms. The Morgan fingerprint density at radius 1 is 0.407 bits per heavy atom. The minimum atomic E-state index is -4.11. The molecule has 638 valence electrons. The second kappa shape index (κ2) is 39.4. The molecule has 15 rings (SSSR count). The van der Waals surface area contributed by atoms with E-state index < -0.39 is 102 Å². The number of anilines is 6. The van der Waals surface area contributed by atoms with Crippen molar-refractivity contribution < 1.29 is 90.5 Å². The van der Waals surface area contributed by atoms with Crippen molar-refractivity contribution in [2.75, 3.05) is 58.3 Å². The van der Waals surface area contributed by atoms with E-state index in [0.717, 1.165) is 49.7 Å². The molecule has 0 radical (unpaired) electrons. The van der Waals surface area contributed by atoms with Crippen LogP contribution < -0.4 is 61.9 Å². The van der Waals surface area contributed by atoms with Crippen molar-refractivity contribution in [2.24, 2.45) is 44.2 Å². The summed E-state index contributed by atoms with van der Waals surface area (Å²) in [5, 5.41) is 100. The predicted octanol–water partition coefficient (Wildman–Crippen LogP) is 3.39. The summed E-state index contributed by atoms with van der Waals surface area (Å²) in [5.74, 6) is 3.11. The lowest BCUT2D eigenvalue weighted by Crippen LogP contribution is -2.36. The Bertz CT molecular complexity index is 5190. The normalized spacial score (nSPS) is 26.2. The molecule has 7 aliphatic rings. The van der Waals surface area contributed by atoms with Crippen molar-refractivity contribution in [3.05, 3.63) is 191 Å². The Kier molecular flexibility index (Phi) is 29.4. The number of ether oxygens (including phenoxy) is 2. The van der Waals surface area contributed by atoms with E-state index in [4.69, 9.17) is 30.0 Å². The fraction of sp³-hybridized carbons (Fsp3) is 0.474. The van der Waals surface area contributed by atoms with Gasteiger partial charge in [0.1, 0.15) is 84.1 Å². The summed E-state index contributed by atoms with van der Waals surface area (Å²) in [5.41, 5.74) is 9.76. The molecule has 0 unspecified atom stereocenters. The molecule has 38 nitrogen and oxygen atoms in total. The number of benzene rings is 4. The number of aliphatic hydroxyl groups excluding tert-OH is 6. The van der Waals surface area contributed by atoms with E-state index in [-0.39, 0.29) is 75.0 Å². The predicted molar refractivity (Wildman–Crippen MR) is 432 cm³/mol. The van der Waals surface area contributed by atoms with E-state index in [1.54, 1.807) is 25.1 Å². The van der Waals surface area contributed by atoms with Gasteiger partial charge in [-0.3, -0.25) is 16.7 Å². The number of hydrogen-bond acceptors (Lipinski definition) is 34. The third-order valence-corrected chi connectivity index (χ3v) is 23.6. The Hall–Kier alpha value is -9.16. The van der Waals surface area contributed by atoms with Crippen LogP contribution in [0.1, 0.15) is 126 Å². The number of nitrogens with two attached hydrogens (primary N) is 4. The number of nitrogens with zero attached hydrogens (tertiary/aromatic N) is 8. The maximum absolute atomic E-state index is 11.0. The van der Waals surface area contributed by atoms with Crippen LogP contribution in [0.15, 0.2) is 140 Å². The standard InChI is InChI=1S/C20H26N4O5S.C19H25N5O5S.C19H24N4O5S.C18H25N5O5S/c1-12-19(24-17-7-6-13-4-2-3-5-16(13)17)22-11-23-20(12)29-15-8-14(18(25)9-15)10-28-30(21,26)27;20-30(27,28)29-9-12-7-15(19(26)18(12)25)24-17-8-16(21-10-22-17)23-14-6-5-11-3-1-2-4-13(11)14;20-29(25,26)27-10-13-7-14(8-17(13)24)28-19-9-18(21-11-22-19)23-16-6-5-12-3-1-2-4-15(12)16;1-11-21-15(20-9-12-5-3-2-4-6-12)8-16(22-11)23-14-7-13(17(24)18(14)25)10-28-29(19,26)27/h2-5,11,14-15,17-18,25H,6-10H2,1H3,(H2,21,26,27)(H,22,23,24);1-4,8,10,12,14-15,18-19,25-26H,5-7,9H2,(H2,20,27,28)(H2,21,22,23,24);1-4,9,11,13-14,16-17,24H,5-8,10H2,(H2,20,25,26)(H,21,22,23);2-6,8,13-14,17-18,24-25H,7,9-10H2,1H3,(H2,19,26,27)(H2,20,21,22,23)/t14-,15+,17-,18-;12-,14+,15-,18-,19+;13-,14+,16-,17-;13-,14-,17-,18+/m0101/s1. The van der Waals surface area contributed by atoms with Gasteiger partial charge in [-0.1, -0.05) is 103 Å². The van der Waals surface area contributed by atoms with Gasteiger partial charge in [0.15, 0.2) is 0 Å². The SMILES string of the molecule is Cc1c(N[C@H]2CCc3ccccc32)ncnc1O[C@@H]1C[C@@H](COS(N)(=O)=O)[C@@H](O)C1.Cc1nc(NCc2ccccc2)cc(N[C@@H]2C[C@H](COS(N)(=O)=O)[C@@H](O)[C@H]2O)n1.NS(=O)(=O)OC[C@@H]1C[C@@H](Oc2cc(N[C@H]3CCc4ccccc43)ncn2)C[C@@H]1O.NS(=O)(=O)OC[C@H]1C[C@@H](Nc2cc(N[C@H]3CCc4ccccc43)ncn2)[C@H](O)[C@@H]1O. The highest BCUT2D eigenvalue weighted by atomic mass is 32.2. The number of aromatic nitrogens is 8. The number of nitrogens with one attached hydrogen (secondary N) is 6. The quantitative estimate of drug-likeness (QED) is 0.0319. The molecular formula is C76H100N18O20S4. The van der Waals surface area contributed by atoms with Gasteiger partial charge in [-0.15, -0.1) is 0 Å². The average Bonchev–Trinajstić information content (AvgIpc) is 1.65. The van der Waals surface area contributed by atoms with E-state index in [0.29, 0.717) is 91.1 Å². The lowest BCUT2D eigenvalue weighted by molar-refractivity contribution is 0.00775. The van der Waals surface area contributed by atoms with Crippen molar-refractivity contribution >= 4 is 76.1 Å². The van der Waals surface area contributed by atoms with Crippen LogP contribution >= 0.6 is 0 Å². The van der Waals surface area contributed by atoms with Crippen LogP contribution in [0.3, 0.4) is 0 Å². The van der Waals surface area contributed by atoms with Crippen molar-refractivity contribution in [3.8, 4) is 11.8 Å². The van der Waals surface area contributed by atoms with Crippen LogP contribution in [0.4, 0.5) is 34.9 Å². The van der Waals surface area contributed by atoms with Crippen molar-refractivity contribution in [1.29, 1.82) is 0 Å². The molecule has 4 heterocycles. The molecular weight excluding hydrogens is 1610 g/mol. The van der Waals surface area contributed by atoms with Crippen LogP contribution in [0.5, 0.6) is 11.8 Å². The number of aryl methyl sites for hydroxylation is 4. The van der Waals surface area contributed by atoms with Crippen molar-refractivity contribution in [2.45, 2.75) is 176 Å². The van der Waals surface area contributed by atoms with Crippen LogP contribution in [-0.4, -0.2) is 192 Å². The molecule has 0 amide bonds. The molecule has 0 aliphatic heterocycles. The molecule has 0 bridgehead atoms. The second-order valence-electron chi connectivity index (χ2n) is 30.2. The first-order valence-corrected chi connectivity index (χ1v) is 44.3. The maximum atomic E-state index is 11.0. The minimum Gasteiger partial charge on any atom is -0.474 e. The average molecular weight is 1710 g/mol. The maximum Gasteiger partial charge on any atom is 0.333 e. The van der Waals surface area contributed by atoms with Gasteiger partial charge in [-0.25, -0.2) is 60.4 Å². The van der Waals surface area contributed by atoms with Gasteiger partial charge < -0.3 is 72.0 Å². The molecule has 0 saturated heterocycles. The van der Waals surface area contributed by atoms with Crippen LogP contribution in [0, 0.1) is 37.5 Å². The van der Waals surface area contributed by atoms with Crippen LogP contribution in [0.25, 0.3) is 0 Å². The summed E-state index contributed by atoms with van der Waals surface area (Å²) >= 11 is 0. The minimum absolute atomic E-state index is 0.169. The van der Waals surface area contributed by atoms with E-state index >= 15 is 0 Å². The van der Waals surface area contributed by atoms with Gasteiger partial charge in [0.2, 0.25) is 11.8 Å². The van der Waals surface area contributed by atoms with E-state index in [1.807, 2.05) is 61.5 Å². The molecule has 17 atom stereocenters. The second-order valence-corrected chi connectivity index (χ2v) is 35.0. The lowest BCUT2D eigenvalue weighted by atomic mass is 10.1. The first-order chi connectivity index (χ1) is 56.2. The number of rotatable bonds is 29. The molecule has 4 aromatic carbocycles. The largest absolute Gasteiger partial charge is 0.474 e. The number of fused-ring (bicyclic) bond motifs is 3. The molecule has 4 saturated carbocycles. The van der Waals surface area contributed by atoms with E-state index in [2.05, 4.69) is 137 Å². The topological polar surface area (TPSA) is 593 Å². The Balaban J connectivity index is 0.000000145. The summed E-state index contributed by atoms with van der Waals surface area (Å²) in [6.45, 7) is 3.30. The fourth-order valence-electron chi connectivity index (χ4n) is 15.8. The first-order valence-electron chi connectivity index (χ1n) is 38.4. The summed E-state index contributed by atoms with van der Waals surface area (Å²) in [6, 6.07) is 39.6. The van der Waals surface area contributed by atoms with Gasteiger partial charge in [0, 0.05) is 61.3 Å². The molecule has 7 aliphatic carbocycles. The van der Waals surface area contributed by atoms with Gasteiger partial charge in [-0.05, 0) is 117 Å². The zero-order valence-corrected chi connectivity index (χ0v) is 67.8. The smallest absolute Gasteiger partial charge is 0.333 e. The van der Waals surface area contributed by atoms with E-state index in [1.165, 1.54) is 52.4 Å². The summed E-state index contributed by atoms with van der Waals surface area (Å²) in [7, 11) is -16.3.